The van der Waals surface area contributed by atoms with Crippen molar-refractivity contribution in [2.45, 2.75) is 5.41 Å². The van der Waals surface area contributed by atoms with Gasteiger partial charge in [0.15, 0.2) is 0 Å². The van der Waals surface area contributed by atoms with Gasteiger partial charge >= 0.3 is 0 Å². The highest BCUT2D eigenvalue weighted by molar-refractivity contribution is 6.30. The van der Waals surface area contributed by atoms with E-state index in [1.807, 2.05) is 0 Å². The van der Waals surface area contributed by atoms with Gasteiger partial charge in [-0.25, -0.2) is 0 Å². The first-order valence-electron chi connectivity index (χ1n) is 21.4. The van der Waals surface area contributed by atoms with E-state index in [0.717, 1.165) is 55.8 Å². The molecule has 3 heteroatoms. The standard InChI is InChI=1S/C59H36N2O/c1-4-18-37(19-5-1)60(38-20-6-2-7-21-38)51-35-34-43(58-55(51)44-26-12-15-33-53(44)62-58)45-36-52-57-54-42(45)27-16-30-48(54)59(46-28-13-10-24-40(46)41-25-11-14-29-47(41)59)49-31-17-32-50(56(49)57)61(52)39-22-8-3-9-23-39/h1-36H. The Hall–Kier alpha value is -8.14. The van der Waals surface area contributed by atoms with Crippen molar-refractivity contribution < 1.29 is 4.42 Å². The first kappa shape index (κ1) is 33.7. The predicted molar refractivity (Wildman–Crippen MR) is 257 cm³/mol. The number of hydrogen-bond donors (Lipinski definition) is 0. The molecule has 0 unspecified atom stereocenters. The van der Waals surface area contributed by atoms with Crippen LogP contribution in [0.25, 0.3) is 82.5 Å². The number of hydrogen-bond acceptors (Lipinski definition) is 2. The molecular weight excluding hydrogens is 753 g/mol. The largest absolute Gasteiger partial charge is 0.455 e. The van der Waals surface area contributed by atoms with Crippen molar-refractivity contribution in [1.29, 1.82) is 0 Å². The van der Waals surface area contributed by atoms with Gasteiger partial charge in [0.2, 0.25) is 0 Å². The van der Waals surface area contributed by atoms with Crippen LogP contribution in [0.5, 0.6) is 0 Å². The van der Waals surface area contributed by atoms with E-state index in [0.29, 0.717) is 0 Å². The van der Waals surface area contributed by atoms with Crippen LogP contribution in [0.4, 0.5) is 17.1 Å². The number of fused-ring (bicyclic) bond motifs is 10. The molecule has 1 spiro atoms. The van der Waals surface area contributed by atoms with E-state index in [-0.39, 0.29) is 0 Å². The lowest BCUT2D eigenvalue weighted by Gasteiger charge is -2.38. The second-order valence-corrected chi connectivity index (χ2v) is 16.7. The zero-order valence-electron chi connectivity index (χ0n) is 33.6. The Kier molecular flexibility index (Phi) is 6.76. The van der Waals surface area contributed by atoms with Crippen LogP contribution >= 0.6 is 0 Å². The molecule has 0 N–H and O–H groups in total. The molecule has 0 saturated carbocycles. The molecule has 288 valence electrons. The molecule has 2 heterocycles. The van der Waals surface area contributed by atoms with Crippen molar-refractivity contribution in [1.82, 2.24) is 4.57 Å². The van der Waals surface area contributed by atoms with Crippen LogP contribution in [0.15, 0.2) is 223 Å². The monoisotopic (exact) mass is 788 g/mol. The maximum absolute atomic E-state index is 7.13. The van der Waals surface area contributed by atoms with Crippen LogP contribution in [0.3, 0.4) is 0 Å². The Bertz CT molecular complexity index is 3720. The summed E-state index contributed by atoms with van der Waals surface area (Å²) in [4.78, 5) is 2.36. The molecule has 0 amide bonds. The molecule has 2 aromatic heterocycles. The van der Waals surface area contributed by atoms with Gasteiger partial charge in [-0.2, -0.15) is 0 Å². The first-order chi connectivity index (χ1) is 30.8. The average molecular weight is 789 g/mol. The number of aromatic nitrogens is 1. The molecule has 0 aliphatic heterocycles. The number of anilines is 3. The third-order valence-corrected chi connectivity index (χ3v) is 13.8. The van der Waals surface area contributed by atoms with Gasteiger partial charge < -0.3 is 13.9 Å². The minimum absolute atomic E-state index is 0.516. The fourth-order valence-corrected chi connectivity index (χ4v) is 11.5. The lowest BCUT2D eigenvalue weighted by Crippen LogP contribution is -2.30. The second-order valence-electron chi connectivity index (χ2n) is 16.7. The van der Waals surface area contributed by atoms with Gasteiger partial charge in [-0.15, -0.1) is 0 Å². The Balaban J connectivity index is 1.16. The summed E-state index contributed by atoms with van der Waals surface area (Å²) in [6.45, 7) is 0. The van der Waals surface area contributed by atoms with Gasteiger partial charge in [-0.05, 0) is 116 Å². The Morgan fingerprint density at radius 1 is 0.371 bits per heavy atom. The van der Waals surface area contributed by atoms with Crippen molar-refractivity contribution >= 4 is 71.6 Å². The quantitative estimate of drug-likeness (QED) is 0.173. The fraction of sp³-hybridized carbons (Fsp3) is 0.0169. The van der Waals surface area contributed by atoms with Gasteiger partial charge in [0.1, 0.15) is 11.2 Å². The Labute approximate surface area is 358 Å². The highest BCUT2D eigenvalue weighted by Crippen LogP contribution is 2.63. The smallest absolute Gasteiger partial charge is 0.145 e. The highest BCUT2D eigenvalue weighted by atomic mass is 16.3. The number of nitrogens with zero attached hydrogens (tertiary/aromatic N) is 2. The number of benzene rings is 10. The summed E-state index contributed by atoms with van der Waals surface area (Å²) >= 11 is 0. The van der Waals surface area contributed by atoms with Crippen molar-refractivity contribution in [3.8, 4) is 27.9 Å². The van der Waals surface area contributed by atoms with E-state index in [1.54, 1.807) is 0 Å². The minimum atomic E-state index is -0.516. The van der Waals surface area contributed by atoms with Crippen LogP contribution in [0.1, 0.15) is 22.3 Å². The van der Waals surface area contributed by atoms with E-state index < -0.39 is 5.41 Å². The minimum Gasteiger partial charge on any atom is -0.455 e. The van der Waals surface area contributed by atoms with Crippen molar-refractivity contribution in [2.24, 2.45) is 0 Å². The van der Waals surface area contributed by atoms with Crippen molar-refractivity contribution in [2.75, 3.05) is 4.90 Å². The molecule has 3 nitrogen and oxygen atoms in total. The normalized spacial score (nSPS) is 13.3. The molecule has 0 saturated heterocycles. The maximum Gasteiger partial charge on any atom is 0.145 e. The lowest BCUT2D eigenvalue weighted by molar-refractivity contribution is 0.670. The third kappa shape index (κ3) is 4.24. The van der Waals surface area contributed by atoms with Crippen LogP contribution in [-0.4, -0.2) is 4.57 Å². The highest BCUT2D eigenvalue weighted by Gasteiger charge is 2.50. The summed E-state index contributed by atoms with van der Waals surface area (Å²) in [6, 6.07) is 80.0. The molecule has 0 atom stereocenters. The predicted octanol–water partition coefficient (Wildman–Crippen LogP) is 15.6. The molecule has 14 rings (SSSR count). The molecule has 2 aliphatic carbocycles. The Morgan fingerprint density at radius 3 is 1.65 bits per heavy atom. The molecule has 0 fully saturated rings. The Morgan fingerprint density at radius 2 is 0.935 bits per heavy atom. The summed E-state index contributed by atoms with van der Waals surface area (Å²) in [7, 11) is 0. The van der Waals surface area contributed by atoms with Crippen LogP contribution < -0.4 is 4.90 Å². The first-order valence-corrected chi connectivity index (χ1v) is 21.4. The van der Waals surface area contributed by atoms with Gasteiger partial charge in [-0.1, -0.05) is 152 Å². The van der Waals surface area contributed by atoms with Crippen LogP contribution in [0.2, 0.25) is 0 Å². The van der Waals surface area contributed by atoms with E-state index in [4.69, 9.17) is 4.42 Å². The molecule has 0 radical (unpaired) electrons. The van der Waals surface area contributed by atoms with E-state index in [9.17, 15) is 0 Å². The number of para-hydroxylation sites is 4. The molecule has 12 aromatic rings. The van der Waals surface area contributed by atoms with E-state index in [2.05, 4.69) is 228 Å². The van der Waals surface area contributed by atoms with Gasteiger partial charge in [-0.3, -0.25) is 0 Å². The number of furan rings is 1. The van der Waals surface area contributed by atoms with E-state index in [1.165, 1.54) is 66.0 Å². The average Bonchev–Trinajstić information content (AvgIpc) is 3.99. The molecule has 2 aliphatic rings. The maximum atomic E-state index is 7.13. The summed E-state index contributed by atoms with van der Waals surface area (Å²) < 4.78 is 9.63. The zero-order chi connectivity index (χ0) is 40.5. The van der Waals surface area contributed by atoms with Crippen molar-refractivity contribution in [3.63, 3.8) is 0 Å². The number of rotatable bonds is 5. The second kappa shape index (κ2) is 12.4. The third-order valence-electron chi connectivity index (χ3n) is 13.8. The lowest BCUT2D eigenvalue weighted by atomic mass is 9.63. The summed E-state index contributed by atoms with van der Waals surface area (Å²) in [5.41, 5.74) is 18.2. The fourth-order valence-electron chi connectivity index (χ4n) is 11.5. The summed E-state index contributed by atoms with van der Waals surface area (Å²) in [5.74, 6) is 0. The summed E-state index contributed by atoms with van der Waals surface area (Å²) in [5, 5.41) is 7.31. The topological polar surface area (TPSA) is 21.3 Å². The molecule has 62 heavy (non-hydrogen) atoms. The summed E-state index contributed by atoms with van der Waals surface area (Å²) in [6.07, 6.45) is 0. The zero-order valence-corrected chi connectivity index (χ0v) is 33.6. The van der Waals surface area contributed by atoms with Crippen molar-refractivity contribution in [3.05, 3.63) is 241 Å². The molecule has 0 bridgehead atoms. The van der Waals surface area contributed by atoms with E-state index >= 15 is 0 Å². The van der Waals surface area contributed by atoms with Gasteiger partial charge in [0, 0.05) is 38.8 Å². The van der Waals surface area contributed by atoms with Gasteiger partial charge in [0.05, 0.1) is 27.5 Å². The van der Waals surface area contributed by atoms with Gasteiger partial charge in [0.25, 0.3) is 0 Å². The van der Waals surface area contributed by atoms with Crippen LogP contribution in [0, 0.1) is 0 Å². The van der Waals surface area contributed by atoms with Crippen LogP contribution in [-0.2, 0) is 5.41 Å². The SMILES string of the molecule is c1ccc(N(c2ccccc2)c2ccc(-c3cc4c5c6c(cccc36)C3(c6ccccc6-c6ccccc63)c3cccc(c35)n4-c3ccccc3)c3oc4ccccc4c23)cc1. The molecule has 10 aromatic carbocycles. The molecular formula is C59H36N2O.